The van der Waals surface area contributed by atoms with Crippen LogP contribution in [-0.2, 0) is 0 Å². The topological polar surface area (TPSA) is 127 Å². The highest BCUT2D eigenvalue weighted by molar-refractivity contribution is 6.07. The van der Waals surface area contributed by atoms with Gasteiger partial charge in [-0.25, -0.2) is 0 Å². The molecule has 0 aliphatic carbocycles. The summed E-state index contributed by atoms with van der Waals surface area (Å²) >= 11 is 0. The first kappa shape index (κ1) is 11.6. The molecule has 1 heterocycles. The van der Waals surface area contributed by atoms with Crippen LogP contribution in [0.1, 0.15) is 10.4 Å². The molecule has 0 spiro atoms. The number of nitrogens with two attached hydrogens (primary N) is 1. The third-order valence-corrected chi connectivity index (χ3v) is 2.25. The van der Waals surface area contributed by atoms with E-state index >= 15 is 0 Å². The average Bonchev–Trinajstić information content (AvgIpc) is 2.76. The van der Waals surface area contributed by atoms with E-state index in [0.717, 1.165) is 0 Å². The number of non-ortho nitro benzene ring substituents is 1. The van der Waals surface area contributed by atoms with Crippen molar-refractivity contribution in [1.82, 2.24) is 10.2 Å². The lowest BCUT2D eigenvalue weighted by Crippen LogP contribution is -2.12. The van der Waals surface area contributed by atoms with Crippen molar-refractivity contribution in [3.63, 3.8) is 0 Å². The van der Waals surface area contributed by atoms with Crippen molar-refractivity contribution in [3.05, 3.63) is 46.1 Å². The maximum Gasteiger partial charge on any atom is 0.269 e. The second kappa shape index (κ2) is 4.53. The van der Waals surface area contributed by atoms with Gasteiger partial charge in [0, 0.05) is 17.8 Å². The Labute approximate surface area is 101 Å². The summed E-state index contributed by atoms with van der Waals surface area (Å²) in [5.74, 6) is -0.274. The van der Waals surface area contributed by atoms with E-state index in [1.165, 1.54) is 30.5 Å². The van der Waals surface area contributed by atoms with Gasteiger partial charge in [-0.1, -0.05) is 0 Å². The Bertz CT molecular complexity index is 590. The van der Waals surface area contributed by atoms with Gasteiger partial charge in [0.25, 0.3) is 11.6 Å². The summed E-state index contributed by atoms with van der Waals surface area (Å²) in [6, 6.07) is 5.47. The van der Waals surface area contributed by atoms with Gasteiger partial charge in [-0.15, -0.1) is 0 Å². The largest absolute Gasteiger partial charge is 0.383 e. The minimum Gasteiger partial charge on any atom is -0.383 e. The molecule has 1 aromatic carbocycles. The minimum absolute atomic E-state index is 0.0455. The molecule has 2 rings (SSSR count). The summed E-state index contributed by atoms with van der Waals surface area (Å²) < 4.78 is 0. The highest BCUT2D eigenvalue weighted by atomic mass is 16.6. The van der Waals surface area contributed by atoms with Crippen LogP contribution in [0, 0.1) is 10.1 Å². The molecule has 92 valence electrons. The van der Waals surface area contributed by atoms with Gasteiger partial charge in [-0.05, 0) is 12.1 Å². The predicted molar refractivity (Wildman–Crippen MR) is 64.0 cm³/mol. The Kier molecular flexibility index (Phi) is 2.92. The molecule has 0 saturated carbocycles. The molecule has 0 fully saturated rings. The molecule has 18 heavy (non-hydrogen) atoms. The van der Waals surface area contributed by atoms with Crippen LogP contribution in [0.2, 0.25) is 0 Å². The van der Waals surface area contributed by atoms with Crippen LogP contribution in [-0.4, -0.2) is 21.0 Å². The zero-order valence-electron chi connectivity index (χ0n) is 9.08. The predicted octanol–water partition coefficient (Wildman–Crippen LogP) is 1.15. The van der Waals surface area contributed by atoms with E-state index in [0.29, 0.717) is 5.69 Å². The lowest BCUT2D eigenvalue weighted by Gasteiger charge is -2.03. The molecule has 2 aromatic rings. The number of aromatic amines is 1. The van der Waals surface area contributed by atoms with Crippen LogP contribution in [0.4, 0.5) is 17.2 Å². The molecule has 4 N–H and O–H groups in total. The van der Waals surface area contributed by atoms with Gasteiger partial charge in [0.15, 0.2) is 0 Å². The maximum absolute atomic E-state index is 11.7. The molecule has 0 unspecified atom stereocenters. The molecule has 0 atom stereocenters. The molecule has 1 amide bonds. The van der Waals surface area contributed by atoms with Crippen LogP contribution in [0.5, 0.6) is 0 Å². The van der Waals surface area contributed by atoms with Gasteiger partial charge in [0.1, 0.15) is 11.4 Å². The number of nitrogen functional groups attached to an aromatic ring is 1. The maximum atomic E-state index is 11.7. The fourth-order valence-electron chi connectivity index (χ4n) is 1.34. The van der Waals surface area contributed by atoms with Gasteiger partial charge in [0.2, 0.25) is 0 Å². The molecule has 0 saturated heterocycles. The van der Waals surface area contributed by atoms with Gasteiger partial charge in [0.05, 0.1) is 11.1 Å². The van der Waals surface area contributed by atoms with Crippen LogP contribution in [0.15, 0.2) is 30.5 Å². The van der Waals surface area contributed by atoms with Crippen LogP contribution < -0.4 is 11.1 Å². The van der Waals surface area contributed by atoms with Crippen molar-refractivity contribution < 1.29 is 9.72 Å². The van der Waals surface area contributed by atoms with E-state index in [9.17, 15) is 14.9 Å². The van der Waals surface area contributed by atoms with Gasteiger partial charge in [-0.2, -0.15) is 5.10 Å². The standard InChI is InChI=1S/C10H9N5O3/c11-9-8(5-12-14-9)10(16)13-6-1-3-7(4-2-6)15(17)18/h1-5H,(H,13,16)(H3,11,12,14). The fraction of sp³-hybridized carbons (Fsp3) is 0. The number of anilines is 2. The van der Waals surface area contributed by atoms with Gasteiger partial charge >= 0.3 is 0 Å². The van der Waals surface area contributed by atoms with E-state index in [1.807, 2.05) is 0 Å². The summed E-state index contributed by atoms with van der Waals surface area (Å²) in [4.78, 5) is 21.7. The summed E-state index contributed by atoms with van der Waals surface area (Å²) in [5.41, 5.74) is 6.10. The van der Waals surface area contributed by atoms with Gasteiger partial charge in [-0.3, -0.25) is 20.0 Å². The van der Waals surface area contributed by atoms with Crippen LogP contribution in [0.25, 0.3) is 0 Å². The minimum atomic E-state index is -0.514. The number of benzene rings is 1. The first-order chi connectivity index (χ1) is 8.58. The molecule has 0 radical (unpaired) electrons. The number of carbonyl (C=O) groups is 1. The zero-order chi connectivity index (χ0) is 13.1. The van der Waals surface area contributed by atoms with E-state index in [-0.39, 0.29) is 17.1 Å². The van der Waals surface area contributed by atoms with Crippen molar-refractivity contribution in [2.45, 2.75) is 0 Å². The second-order valence-electron chi connectivity index (χ2n) is 3.46. The van der Waals surface area contributed by atoms with E-state index in [4.69, 9.17) is 5.73 Å². The molecule has 1 aromatic heterocycles. The Hall–Kier alpha value is -2.90. The lowest BCUT2D eigenvalue weighted by molar-refractivity contribution is -0.384. The van der Waals surface area contributed by atoms with Crippen molar-refractivity contribution in [3.8, 4) is 0 Å². The monoisotopic (exact) mass is 247 g/mol. The number of nitrogens with one attached hydrogen (secondary N) is 2. The number of nitrogens with zero attached hydrogens (tertiary/aromatic N) is 2. The normalized spacial score (nSPS) is 10.0. The SMILES string of the molecule is Nc1[nH]ncc1C(=O)Nc1ccc([N+](=O)[O-])cc1. The molecular weight excluding hydrogens is 238 g/mol. The first-order valence-electron chi connectivity index (χ1n) is 4.92. The molecule has 0 aliphatic rings. The number of H-pyrrole nitrogens is 1. The number of aromatic nitrogens is 2. The summed E-state index contributed by atoms with van der Waals surface area (Å²) in [6.45, 7) is 0. The Morgan fingerprint density at radius 2 is 2.06 bits per heavy atom. The van der Waals surface area contributed by atoms with Crippen LogP contribution >= 0.6 is 0 Å². The smallest absolute Gasteiger partial charge is 0.269 e. The molecular formula is C10H9N5O3. The number of nitro groups is 1. The molecule has 8 nitrogen and oxygen atoms in total. The summed E-state index contributed by atoms with van der Waals surface area (Å²) in [6.07, 6.45) is 1.30. The number of hydrogen-bond acceptors (Lipinski definition) is 5. The first-order valence-corrected chi connectivity index (χ1v) is 4.92. The Morgan fingerprint density at radius 3 is 2.56 bits per heavy atom. The number of hydrogen-bond donors (Lipinski definition) is 3. The van der Waals surface area contributed by atoms with Crippen molar-refractivity contribution in [1.29, 1.82) is 0 Å². The number of carbonyl (C=O) groups excluding carboxylic acids is 1. The number of amides is 1. The van der Waals surface area contributed by atoms with Crippen molar-refractivity contribution in [2.75, 3.05) is 11.1 Å². The summed E-state index contributed by atoms with van der Waals surface area (Å²) in [7, 11) is 0. The zero-order valence-corrected chi connectivity index (χ0v) is 9.08. The van der Waals surface area contributed by atoms with E-state index in [1.54, 1.807) is 0 Å². The lowest BCUT2D eigenvalue weighted by atomic mass is 10.2. The highest BCUT2D eigenvalue weighted by Crippen LogP contribution is 2.16. The molecule has 0 bridgehead atoms. The second-order valence-corrected chi connectivity index (χ2v) is 3.46. The third kappa shape index (κ3) is 2.26. The molecule has 0 aliphatic heterocycles. The van der Waals surface area contributed by atoms with Gasteiger partial charge < -0.3 is 11.1 Å². The van der Waals surface area contributed by atoms with Crippen molar-refractivity contribution in [2.24, 2.45) is 0 Å². The Balaban J connectivity index is 2.13. The summed E-state index contributed by atoms with van der Waals surface area (Å²) in [5, 5.41) is 19.1. The Morgan fingerprint density at radius 1 is 1.39 bits per heavy atom. The average molecular weight is 247 g/mol. The quantitative estimate of drug-likeness (QED) is 0.553. The third-order valence-electron chi connectivity index (χ3n) is 2.25. The van der Waals surface area contributed by atoms with Crippen molar-refractivity contribution >= 4 is 23.1 Å². The number of rotatable bonds is 3. The highest BCUT2D eigenvalue weighted by Gasteiger charge is 2.12. The van der Waals surface area contributed by atoms with E-state index < -0.39 is 10.8 Å². The van der Waals surface area contributed by atoms with E-state index in [2.05, 4.69) is 15.5 Å². The fourth-order valence-corrected chi connectivity index (χ4v) is 1.34. The number of nitro benzene ring substituents is 1. The molecule has 8 heteroatoms. The van der Waals surface area contributed by atoms with Crippen LogP contribution in [0.3, 0.4) is 0 Å².